The molecule has 0 aliphatic carbocycles. The second-order valence-electron chi connectivity index (χ2n) is 4.10. The van der Waals surface area contributed by atoms with E-state index in [1.807, 2.05) is 0 Å². The monoisotopic (exact) mass is 311 g/mol. The lowest BCUT2D eigenvalue weighted by atomic mass is 10.2. The summed E-state index contributed by atoms with van der Waals surface area (Å²) in [6.07, 6.45) is 0. The molecule has 0 aliphatic rings. The topological polar surface area (TPSA) is 84.2 Å². The Balaban J connectivity index is 2.44. The molecule has 0 amide bonds. The molecule has 106 valence electrons. The average Bonchev–Trinajstić information content (AvgIpc) is 2.43. The van der Waals surface area contributed by atoms with Crippen LogP contribution in [-0.2, 0) is 10.0 Å². The molecule has 0 spiro atoms. The third kappa shape index (κ3) is 3.22. The number of anilines is 3. The first-order valence-electron chi connectivity index (χ1n) is 5.78. The standard InChI is InChI=1S/C13H14ClN3O2S/c1-16-20(18,19)13-8-10(15)4-7-12(13)17-11-5-2-9(14)3-6-11/h2-8,16-17H,15H2,1H3. The maximum Gasteiger partial charge on any atom is 0.242 e. The summed E-state index contributed by atoms with van der Waals surface area (Å²) in [5.74, 6) is 0. The van der Waals surface area contributed by atoms with Crippen molar-refractivity contribution in [3.63, 3.8) is 0 Å². The molecule has 2 aromatic rings. The van der Waals surface area contributed by atoms with Crippen molar-refractivity contribution in [1.29, 1.82) is 0 Å². The van der Waals surface area contributed by atoms with Crippen molar-refractivity contribution in [2.45, 2.75) is 4.90 Å². The number of nitrogens with two attached hydrogens (primary N) is 1. The first-order valence-corrected chi connectivity index (χ1v) is 7.64. The number of nitrogen functional groups attached to an aromatic ring is 1. The molecule has 5 nitrogen and oxygen atoms in total. The van der Waals surface area contributed by atoms with Crippen molar-refractivity contribution >= 4 is 38.7 Å². The van der Waals surface area contributed by atoms with Crippen LogP contribution in [0.2, 0.25) is 5.02 Å². The Kier molecular flexibility index (Phi) is 4.17. The van der Waals surface area contributed by atoms with Gasteiger partial charge in [-0.05, 0) is 49.5 Å². The summed E-state index contributed by atoms with van der Waals surface area (Å²) in [5, 5.41) is 3.64. The minimum atomic E-state index is -3.60. The normalized spacial score (nSPS) is 11.3. The van der Waals surface area contributed by atoms with Crippen LogP contribution >= 0.6 is 11.6 Å². The van der Waals surface area contributed by atoms with Crippen LogP contribution in [0.25, 0.3) is 0 Å². The predicted octanol–water partition coefficient (Wildman–Crippen LogP) is 2.57. The Morgan fingerprint density at radius 1 is 1.10 bits per heavy atom. The van der Waals surface area contributed by atoms with Gasteiger partial charge >= 0.3 is 0 Å². The summed E-state index contributed by atoms with van der Waals surface area (Å²) in [4.78, 5) is 0.0925. The maximum atomic E-state index is 12.0. The number of nitrogens with one attached hydrogen (secondary N) is 2. The van der Waals surface area contributed by atoms with E-state index in [1.165, 1.54) is 13.1 Å². The molecule has 0 atom stereocenters. The van der Waals surface area contributed by atoms with E-state index < -0.39 is 10.0 Å². The molecule has 0 aliphatic heterocycles. The van der Waals surface area contributed by atoms with Crippen LogP contribution in [0.3, 0.4) is 0 Å². The molecule has 20 heavy (non-hydrogen) atoms. The van der Waals surface area contributed by atoms with Gasteiger partial charge in [0.15, 0.2) is 0 Å². The highest BCUT2D eigenvalue weighted by molar-refractivity contribution is 7.89. The molecule has 7 heteroatoms. The van der Waals surface area contributed by atoms with Crippen LogP contribution in [0.15, 0.2) is 47.4 Å². The van der Waals surface area contributed by atoms with Gasteiger partial charge in [0.25, 0.3) is 0 Å². The number of halogens is 1. The van der Waals surface area contributed by atoms with E-state index >= 15 is 0 Å². The molecule has 0 radical (unpaired) electrons. The molecule has 0 bridgehead atoms. The summed E-state index contributed by atoms with van der Waals surface area (Å²) < 4.78 is 26.3. The Bertz CT molecular complexity index is 715. The molecule has 0 unspecified atom stereocenters. The second-order valence-corrected chi connectivity index (χ2v) is 6.39. The van der Waals surface area contributed by atoms with Crippen LogP contribution in [0.5, 0.6) is 0 Å². The Morgan fingerprint density at radius 3 is 2.35 bits per heavy atom. The zero-order valence-electron chi connectivity index (χ0n) is 10.7. The summed E-state index contributed by atoms with van der Waals surface area (Å²) >= 11 is 5.81. The van der Waals surface area contributed by atoms with Crippen LogP contribution in [0.4, 0.5) is 17.1 Å². The van der Waals surface area contributed by atoms with Crippen molar-refractivity contribution < 1.29 is 8.42 Å². The molecule has 0 saturated carbocycles. The molecule has 0 saturated heterocycles. The van der Waals surface area contributed by atoms with Gasteiger partial charge in [0.1, 0.15) is 4.90 Å². The van der Waals surface area contributed by atoms with Crippen LogP contribution < -0.4 is 15.8 Å². The fourth-order valence-electron chi connectivity index (χ4n) is 1.66. The van der Waals surface area contributed by atoms with E-state index in [2.05, 4.69) is 10.0 Å². The van der Waals surface area contributed by atoms with Gasteiger partial charge in [0, 0.05) is 16.4 Å². The molecule has 0 aromatic heterocycles. The zero-order valence-corrected chi connectivity index (χ0v) is 12.3. The van der Waals surface area contributed by atoms with Crippen LogP contribution in [0.1, 0.15) is 0 Å². The van der Waals surface area contributed by atoms with Crippen molar-refractivity contribution in [1.82, 2.24) is 4.72 Å². The lowest BCUT2D eigenvalue weighted by Crippen LogP contribution is -2.20. The van der Waals surface area contributed by atoms with Crippen molar-refractivity contribution in [3.8, 4) is 0 Å². The molecule has 0 fully saturated rings. The smallest absolute Gasteiger partial charge is 0.242 e. The Hall–Kier alpha value is -1.76. The highest BCUT2D eigenvalue weighted by atomic mass is 35.5. The summed E-state index contributed by atoms with van der Waals surface area (Å²) in [6.45, 7) is 0. The molecule has 0 heterocycles. The number of hydrogen-bond donors (Lipinski definition) is 3. The van der Waals surface area contributed by atoms with E-state index in [4.69, 9.17) is 17.3 Å². The zero-order chi connectivity index (χ0) is 14.8. The number of sulfonamides is 1. The Morgan fingerprint density at radius 2 is 1.75 bits per heavy atom. The minimum absolute atomic E-state index is 0.0925. The van der Waals surface area contributed by atoms with Crippen LogP contribution in [0, 0.1) is 0 Å². The number of rotatable bonds is 4. The lowest BCUT2D eigenvalue weighted by Gasteiger charge is -2.13. The molecular formula is C13H14ClN3O2S. The summed E-state index contributed by atoms with van der Waals surface area (Å²) in [7, 11) is -2.25. The van der Waals surface area contributed by atoms with Gasteiger partial charge in [-0.25, -0.2) is 13.1 Å². The highest BCUT2D eigenvalue weighted by Gasteiger charge is 2.17. The van der Waals surface area contributed by atoms with Gasteiger partial charge in [0.05, 0.1) is 5.69 Å². The van der Waals surface area contributed by atoms with Gasteiger partial charge in [-0.1, -0.05) is 11.6 Å². The van der Waals surface area contributed by atoms with Crippen molar-refractivity contribution in [2.75, 3.05) is 18.1 Å². The fourth-order valence-corrected chi connectivity index (χ4v) is 2.71. The first-order chi connectivity index (χ1) is 9.42. The molecule has 4 N–H and O–H groups in total. The predicted molar refractivity (Wildman–Crippen MR) is 81.8 cm³/mol. The van der Waals surface area contributed by atoms with Gasteiger partial charge in [-0.2, -0.15) is 0 Å². The molecule has 2 rings (SSSR count). The van der Waals surface area contributed by atoms with Crippen LogP contribution in [-0.4, -0.2) is 15.5 Å². The first kappa shape index (κ1) is 14.6. The maximum absolute atomic E-state index is 12.0. The second kappa shape index (κ2) is 5.70. The van der Waals surface area contributed by atoms with Gasteiger partial charge in [-0.3, -0.25) is 0 Å². The van der Waals surface area contributed by atoms with Gasteiger partial charge < -0.3 is 11.1 Å². The third-order valence-electron chi connectivity index (χ3n) is 2.69. The van der Waals surface area contributed by atoms with Gasteiger partial charge in [-0.15, -0.1) is 0 Å². The summed E-state index contributed by atoms with van der Waals surface area (Å²) in [6, 6.07) is 11.6. The van der Waals surface area contributed by atoms with E-state index in [-0.39, 0.29) is 4.90 Å². The van der Waals surface area contributed by atoms with E-state index in [1.54, 1.807) is 36.4 Å². The van der Waals surface area contributed by atoms with E-state index in [9.17, 15) is 8.42 Å². The number of hydrogen-bond acceptors (Lipinski definition) is 4. The van der Waals surface area contributed by atoms with Gasteiger partial charge in [0.2, 0.25) is 10.0 Å². The van der Waals surface area contributed by atoms with E-state index in [0.29, 0.717) is 16.4 Å². The summed E-state index contributed by atoms with van der Waals surface area (Å²) in [5.41, 5.74) is 7.20. The quantitative estimate of drug-likeness (QED) is 0.758. The van der Waals surface area contributed by atoms with Crippen molar-refractivity contribution in [2.24, 2.45) is 0 Å². The Labute approximate surface area is 122 Å². The molecule has 2 aromatic carbocycles. The van der Waals surface area contributed by atoms with Crippen molar-refractivity contribution in [3.05, 3.63) is 47.5 Å². The third-order valence-corrected chi connectivity index (χ3v) is 4.39. The molecular weight excluding hydrogens is 298 g/mol. The lowest BCUT2D eigenvalue weighted by molar-refractivity contribution is 0.588. The highest BCUT2D eigenvalue weighted by Crippen LogP contribution is 2.27. The van der Waals surface area contributed by atoms with E-state index in [0.717, 1.165) is 5.69 Å². The largest absolute Gasteiger partial charge is 0.399 e. The average molecular weight is 312 g/mol. The minimum Gasteiger partial charge on any atom is -0.399 e. The fraction of sp³-hybridized carbons (Fsp3) is 0.0769. The number of benzene rings is 2. The SMILES string of the molecule is CNS(=O)(=O)c1cc(N)ccc1Nc1ccc(Cl)cc1.